The smallest absolute Gasteiger partial charge is 0.313 e. The van der Waals surface area contributed by atoms with Crippen molar-refractivity contribution in [3.8, 4) is 0 Å². The molecule has 0 spiro atoms. The van der Waals surface area contributed by atoms with Crippen LogP contribution < -0.4 is 10.6 Å². The minimum absolute atomic E-state index is 0.0486. The summed E-state index contributed by atoms with van der Waals surface area (Å²) in [4.78, 5) is 24.3. The molecule has 0 saturated heterocycles. The first-order valence-corrected chi connectivity index (χ1v) is 8.76. The number of nitrogens with one attached hydrogen (secondary N) is 2. The van der Waals surface area contributed by atoms with Crippen molar-refractivity contribution in [1.82, 2.24) is 9.88 Å². The van der Waals surface area contributed by atoms with Crippen molar-refractivity contribution in [2.75, 3.05) is 11.9 Å². The number of aliphatic hydroxyl groups is 1. The van der Waals surface area contributed by atoms with Gasteiger partial charge < -0.3 is 20.3 Å². The van der Waals surface area contributed by atoms with Gasteiger partial charge >= 0.3 is 11.8 Å². The van der Waals surface area contributed by atoms with Gasteiger partial charge in [0.15, 0.2) is 0 Å². The van der Waals surface area contributed by atoms with Crippen LogP contribution in [0.3, 0.4) is 0 Å². The zero-order chi connectivity index (χ0) is 19.6. The van der Waals surface area contributed by atoms with Crippen molar-refractivity contribution < 1.29 is 14.7 Å². The number of aliphatic hydroxyl groups excluding tert-OH is 1. The van der Waals surface area contributed by atoms with Crippen LogP contribution in [-0.4, -0.2) is 28.0 Å². The van der Waals surface area contributed by atoms with E-state index < -0.39 is 17.9 Å². The molecule has 1 atom stereocenters. The molecule has 3 aromatic rings. The van der Waals surface area contributed by atoms with E-state index in [1.807, 2.05) is 74.1 Å². The molecule has 1 aromatic heterocycles. The number of anilines is 1. The third kappa shape index (κ3) is 3.85. The number of benzene rings is 2. The Morgan fingerprint density at radius 3 is 2.41 bits per heavy atom. The van der Waals surface area contributed by atoms with Crippen LogP contribution in [-0.2, 0) is 16.6 Å². The van der Waals surface area contributed by atoms with Crippen LogP contribution in [0.1, 0.15) is 22.8 Å². The Balaban J connectivity index is 1.65. The Labute approximate surface area is 157 Å². The van der Waals surface area contributed by atoms with Crippen molar-refractivity contribution in [2.45, 2.75) is 20.0 Å². The molecule has 6 nitrogen and oxygen atoms in total. The number of carbonyl (C=O) groups is 2. The summed E-state index contributed by atoms with van der Waals surface area (Å²) >= 11 is 0. The summed E-state index contributed by atoms with van der Waals surface area (Å²) in [7, 11) is 1.90. The summed E-state index contributed by atoms with van der Waals surface area (Å²) in [5, 5.41) is 16.5. The maximum atomic E-state index is 12.2. The van der Waals surface area contributed by atoms with Crippen molar-refractivity contribution >= 4 is 28.4 Å². The molecule has 1 unspecified atom stereocenters. The van der Waals surface area contributed by atoms with E-state index in [9.17, 15) is 14.7 Å². The molecule has 0 radical (unpaired) electrons. The predicted octanol–water partition coefficient (Wildman–Crippen LogP) is 2.58. The fourth-order valence-corrected chi connectivity index (χ4v) is 3.20. The number of para-hydroxylation sites is 2. The molecule has 0 bridgehead atoms. The summed E-state index contributed by atoms with van der Waals surface area (Å²) in [5.41, 5.74) is 4.10. The second-order valence-corrected chi connectivity index (χ2v) is 6.66. The molecule has 0 aliphatic carbocycles. The van der Waals surface area contributed by atoms with Crippen molar-refractivity contribution in [2.24, 2.45) is 7.05 Å². The molecular formula is C21H23N3O3. The monoisotopic (exact) mass is 365 g/mol. The topological polar surface area (TPSA) is 83.4 Å². The highest BCUT2D eigenvalue weighted by atomic mass is 16.3. The van der Waals surface area contributed by atoms with Gasteiger partial charge in [-0.2, -0.15) is 0 Å². The second kappa shape index (κ2) is 7.63. The Morgan fingerprint density at radius 1 is 1.04 bits per heavy atom. The lowest BCUT2D eigenvalue weighted by Crippen LogP contribution is -2.37. The van der Waals surface area contributed by atoms with E-state index in [1.165, 1.54) is 0 Å². The van der Waals surface area contributed by atoms with Crippen LogP contribution in [0.15, 0.2) is 48.7 Å². The number of nitrogens with zero attached hydrogens (tertiary/aromatic N) is 1. The highest BCUT2D eigenvalue weighted by molar-refractivity contribution is 6.39. The lowest BCUT2D eigenvalue weighted by atomic mass is 10.1. The molecule has 2 amide bonds. The Hall–Kier alpha value is -3.12. The van der Waals surface area contributed by atoms with Crippen molar-refractivity contribution in [3.63, 3.8) is 0 Å². The molecule has 0 fully saturated rings. The summed E-state index contributed by atoms with van der Waals surface area (Å²) in [6.45, 7) is 3.68. The molecule has 6 heteroatoms. The first-order chi connectivity index (χ1) is 12.9. The Morgan fingerprint density at radius 2 is 1.70 bits per heavy atom. The summed E-state index contributed by atoms with van der Waals surface area (Å²) in [6, 6.07) is 13.3. The summed E-state index contributed by atoms with van der Waals surface area (Å²) in [6.07, 6.45) is 0.922. The van der Waals surface area contributed by atoms with Gasteiger partial charge in [0.1, 0.15) is 0 Å². The molecule has 3 rings (SSSR count). The van der Waals surface area contributed by atoms with Crippen LogP contribution in [0.4, 0.5) is 5.69 Å². The largest absolute Gasteiger partial charge is 0.386 e. The van der Waals surface area contributed by atoms with Gasteiger partial charge in [-0.25, -0.2) is 0 Å². The van der Waals surface area contributed by atoms with Gasteiger partial charge in [-0.3, -0.25) is 9.59 Å². The van der Waals surface area contributed by atoms with Gasteiger partial charge in [-0.15, -0.1) is 0 Å². The molecule has 1 heterocycles. The van der Waals surface area contributed by atoms with Gasteiger partial charge in [-0.05, 0) is 31.0 Å². The first-order valence-electron chi connectivity index (χ1n) is 8.76. The molecule has 0 aliphatic heterocycles. The summed E-state index contributed by atoms with van der Waals surface area (Å²) < 4.78 is 1.92. The average Bonchev–Trinajstić information content (AvgIpc) is 2.99. The van der Waals surface area contributed by atoms with E-state index in [-0.39, 0.29) is 6.54 Å². The number of carbonyl (C=O) groups excluding carboxylic acids is 2. The van der Waals surface area contributed by atoms with Gasteiger partial charge in [0.2, 0.25) is 0 Å². The van der Waals surface area contributed by atoms with Gasteiger partial charge in [0.25, 0.3) is 0 Å². The summed E-state index contributed by atoms with van der Waals surface area (Å²) in [5.74, 6) is -1.53. The van der Waals surface area contributed by atoms with Gasteiger partial charge in [0.05, 0.1) is 6.10 Å². The Kier molecular flexibility index (Phi) is 5.28. The first kappa shape index (κ1) is 18.7. The lowest BCUT2D eigenvalue weighted by molar-refractivity contribution is -0.136. The number of hydrogen-bond acceptors (Lipinski definition) is 3. The van der Waals surface area contributed by atoms with E-state index in [1.54, 1.807) is 0 Å². The lowest BCUT2D eigenvalue weighted by Gasteiger charge is -2.13. The molecule has 3 N–H and O–H groups in total. The highest BCUT2D eigenvalue weighted by Gasteiger charge is 2.19. The zero-order valence-corrected chi connectivity index (χ0v) is 15.6. The van der Waals surface area contributed by atoms with Crippen LogP contribution in [0.5, 0.6) is 0 Å². The number of aromatic nitrogens is 1. The number of aryl methyl sites for hydroxylation is 3. The average molecular weight is 365 g/mol. The maximum absolute atomic E-state index is 12.2. The Bertz CT molecular complexity index is 987. The fraction of sp³-hybridized carbons (Fsp3) is 0.238. The third-order valence-corrected chi connectivity index (χ3v) is 4.67. The minimum Gasteiger partial charge on any atom is -0.386 e. The number of amides is 2. The standard InChI is InChI=1S/C21H23N3O3/c1-13-7-6-8-14(2)19(13)23-21(27)20(26)22-11-18(25)16-12-24(3)17-10-5-4-9-15(16)17/h4-10,12,18,25H,11H2,1-3H3,(H,22,26)(H,23,27). The van der Waals surface area contributed by atoms with Crippen molar-refractivity contribution in [3.05, 3.63) is 65.4 Å². The zero-order valence-electron chi connectivity index (χ0n) is 15.6. The molecular weight excluding hydrogens is 342 g/mol. The quantitative estimate of drug-likeness (QED) is 0.622. The van der Waals surface area contributed by atoms with Crippen LogP contribution in [0.2, 0.25) is 0 Å². The number of hydrogen-bond donors (Lipinski definition) is 3. The highest BCUT2D eigenvalue weighted by Crippen LogP contribution is 2.25. The van der Waals surface area contributed by atoms with E-state index >= 15 is 0 Å². The fourth-order valence-electron chi connectivity index (χ4n) is 3.20. The molecule has 2 aromatic carbocycles. The van der Waals surface area contributed by atoms with E-state index in [0.717, 1.165) is 22.0 Å². The van der Waals surface area contributed by atoms with E-state index in [4.69, 9.17) is 0 Å². The normalized spacial score (nSPS) is 12.0. The van der Waals surface area contributed by atoms with Crippen LogP contribution in [0.25, 0.3) is 10.9 Å². The van der Waals surface area contributed by atoms with Gasteiger partial charge in [0, 0.05) is 41.9 Å². The molecule has 140 valence electrons. The van der Waals surface area contributed by atoms with E-state index in [2.05, 4.69) is 10.6 Å². The molecule has 0 saturated carbocycles. The SMILES string of the molecule is Cc1cccc(C)c1NC(=O)C(=O)NCC(O)c1cn(C)c2ccccc12. The van der Waals surface area contributed by atoms with Crippen LogP contribution >= 0.6 is 0 Å². The maximum Gasteiger partial charge on any atom is 0.313 e. The van der Waals surface area contributed by atoms with Gasteiger partial charge in [-0.1, -0.05) is 36.4 Å². The predicted molar refractivity (Wildman–Crippen MR) is 105 cm³/mol. The second-order valence-electron chi connectivity index (χ2n) is 6.66. The number of rotatable bonds is 4. The third-order valence-electron chi connectivity index (χ3n) is 4.67. The molecule has 0 aliphatic rings. The molecule has 27 heavy (non-hydrogen) atoms. The van der Waals surface area contributed by atoms with Crippen LogP contribution in [0, 0.1) is 13.8 Å². The number of fused-ring (bicyclic) bond motifs is 1. The van der Waals surface area contributed by atoms with E-state index in [0.29, 0.717) is 11.3 Å². The van der Waals surface area contributed by atoms with Crippen molar-refractivity contribution in [1.29, 1.82) is 0 Å². The minimum atomic E-state index is -0.909.